The lowest BCUT2D eigenvalue weighted by Crippen LogP contribution is -2.35. The maximum Gasteiger partial charge on any atom is 0.340 e. The summed E-state index contributed by atoms with van der Waals surface area (Å²) in [7, 11) is 0. The predicted octanol–water partition coefficient (Wildman–Crippen LogP) is 3.84. The topological polar surface area (TPSA) is 69.9 Å². The molecule has 0 aliphatic carbocycles. The summed E-state index contributed by atoms with van der Waals surface area (Å²) in [5.74, 6) is -1.04. The van der Waals surface area contributed by atoms with Crippen molar-refractivity contribution in [2.24, 2.45) is 4.99 Å². The third-order valence-electron chi connectivity index (χ3n) is 4.03. The maximum atomic E-state index is 12.4. The van der Waals surface area contributed by atoms with Crippen molar-refractivity contribution in [2.45, 2.75) is 5.54 Å². The average Bonchev–Trinajstić information content (AvgIpc) is 2.65. The van der Waals surface area contributed by atoms with Gasteiger partial charge in [-0.15, -0.1) is 0 Å². The molecule has 124 valence electrons. The van der Waals surface area contributed by atoms with Crippen LogP contribution in [0, 0.1) is 0 Å². The molecule has 0 heterocycles. The molecule has 4 heteroatoms. The third-order valence-corrected chi connectivity index (χ3v) is 4.03. The van der Waals surface area contributed by atoms with Crippen LogP contribution in [-0.2, 0) is 10.3 Å². The van der Waals surface area contributed by atoms with Gasteiger partial charge in [0, 0.05) is 11.8 Å². The van der Waals surface area contributed by atoms with Crippen molar-refractivity contribution in [3.63, 3.8) is 0 Å². The molecular formula is C21H17NO3. The molecule has 3 aromatic carbocycles. The molecule has 0 aliphatic rings. The number of nitrogens with zero attached hydrogens (tertiary/aromatic N) is 1. The van der Waals surface area contributed by atoms with Crippen LogP contribution in [0.25, 0.3) is 0 Å². The van der Waals surface area contributed by atoms with E-state index >= 15 is 0 Å². The molecule has 0 saturated heterocycles. The lowest BCUT2D eigenvalue weighted by Gasteiger charge is -2.26. The van der Waals surface area contributed by atoms with Crippen molar-refractivity contribution in [1.82, 2.24) is 0 Å². The normalized spacial score (nSPS) is 11.5. The summed E-state index contributed by atoms with van der Waals surface area (Å²) < 4.78 is 0. The first-order valence-electron chi connectivity index (χ1n) is 7.82. The van der Waals surface area contributed by atoms with E-state index in [4.69, 9.17) is 0 Å². The zero-order valence-corrected chi connectivity index (χ0v) is 13.4. The number of hydrogen-bond acceptors (Lipinski definition) is 3. The van der Waals surface area contributed by atoms with Crippen molar-refractivity contribution in [2.75, 3.05) is 0 Å². The maximum absolute atomic E-state index is 12.4. The number of hydrogen-bond donors (Lipinski definition) is 2. The molecule has 0 aromatic heterocycles. The molecule has 0 bridgehead atoms. The first-order valence-corrected chi connectivity index (χ1v) is 7.82. The Hall–Kier alpha value is -3.40. The number of carboxylic acid groups (broad SMARTS) is 1. The lowest BCUT2D eigenvalue weighted by molar-refractivity contribution is -0.141. The Labute approximate surface area is 145 Å². The highest BCUT2D eigenvalue weighted by Crippen LogP contribution is 2.34. The molecule has 3 aromatic rings. The van der Waals surface area contributed by atoms with E-state index in [0.29, 0.717) is 16.7 Å². The Balaban J connectivity index is 2.22. The van der Waals surface area contributed by atoms with E-state index in [-0.39, 0.29) is 5.75 Å². The van der Waals surface area contributed by atoms with Gasteiger partial charge in [-0.1, -0.05) is 72.8 Å². The van der Waals surface area contributed by atoms with Gasteiger partial charge in [0.15, 0.2) is 0 Å². The van der Waals surface area contributed by atoms with Gasteiger partial charge in [-0.25, -0.2) is 4.79 Å². The third kappa shape index (κ3) is 3.15. The Bertz CT molecular complexity index is 850. The monoisotopic (exact) mass is 331 g/mol. The Morgan fingerprint density at radius 3 is 1.76 bits per heavy atom. The second-order valence-corrected chi connectivity index (χ2v) is 5.56. The van der Waals surface area contributed by atoms with Crippen LogP contribution >= 0.6 is 0 Å². The van der Waals surface area contributed by atoms with Crippen molar-refractivity contribution >= 4 is 12.2 Å². The van der Waals surface area contributed by atoms with Gasteiger partial charge in [-0.2, -0.15) is 0 Å². The van der Waals surface area contributed by atoms with Crippen LogP contribution in [-0.4, -0.2) is 22.4 Å². The van der Waals surface area contributed by atoms with E-state index in [1.54, 1.807) is 66.7 Å². The van der Waals surface area contributed by atoms with Crippen LogP contribution in [0.2, 0.25) is 0 Å². The van der Waals surface area contributed by atoms with Gasteiger partial charge < -0.3 is 10.2 Å². The average molecular weight is 331 g/mol. The summed E-state index contributed by atoms with van der Waals surface area (Å²) in [5, 5.41) is 20.1. The number of carbonyl (C=O) groups is 1. The highest BCUT2D eigenvalue weighted by Gasteiger charge is 2.41. The summed E-state index contributed by atoms with van der Waals surface area (Å²) in [6.45, 7) is 0. The fourth-order valence-corrected chi connectivity index (χ4v) is 2.74. The molecular weight excluding hydrogens is 314 g/mol. The predicted molar refractivity (Wildman–Crippen MR) is 97.0 cm³/mol. The lowest BCUT2D eigenvalue weighted by atomic mass is 9.83. The smallest absolute Gasteiger partial charge is 0.340 e. The molecule has 0 unspecified atom stereocenters. The molecule has 0 spiro atoms. The van der Waals surface area contributed by atoms with Crippen LogP contribution in [0.5, 0.6) is 5.75 Å². The van der Waals surface area contributed by atoms with Gasteiger partial charge in [-0.05, 0) is 23.3 Å². The van der Waals surface area contributed by atoms with Gasteiger partial charge in [0.2, 0.25) is 5.54 Å². The number of rotatable bonds is 5. The number of carboxylic acids is 1. The van der Waals surface area contributed by atoms with E-state index in [9.17, 15) is 15.0 Å². The van der Waals surface area contributed by atoms with Crippen molar-refractivity contribution in [3.8, 4) is 5.75 Å². The molecule has 0 aliphatic heterocycles. The van der Waals surface area contributed by atoms with E-state index in [2.05, 4.69) is 4.99 Å². The standard InChI is InChI=1S/C21H17NO3/c23-19-14-8-7-9-16(19)15-22-21(20(24)25,17-10-3-1-4-11-17)18-12-5-2-6-13-18/h1-15,23H,(H,24,25)/b22-15+. The molecule has 0 atom stereocenters. The number of phenols is 1. The number of aliphatic carboxylic acids is 1. The summed E-state index contributed by atoms with van der Waals surface area (Å²) in [6.07, 6.45) is 1.41. The summed E-state index contributed by atoms with van der Waals surface area (Å²) in [5.41, 5.74) is -0.0501. The van der Waals surface area contributed by atoms with Crippen LogP contribution in [0.15, 0.2) is 89.9 Å². The molecule has 4 nitrogen and oxygen atoms in total. The van der Waals surface area contributed by atoms with Gasteiger partial charge in [0.25, 0.3) is 0 Å². The summed E-state index contributed by atoms with van der Waals surface area (Å²) in [6, 6.07) is 24.4. The van der Waals surface area contributed by atoms with E-state index in [0.717, 1.165) is 0 Å². The van der Waals surface area contributed by atoms with Crippen molar-refractivity contribution in [1.29, 1.82) is 0 Å². The fraction of sp³-hybridized carbons (Fsp3) is 0.0476. The van der Waals surface area contributed by atoms with Gasteiger partial charge in [0.1, 0.15) is 5.75 Å². The van der Waals surface area contributed by atoms with Crippen LogP contribution < -0.4 is 0 Å². The minimum Gasteiger partial charge on any atom is -0.507 e. The zero-order chi connectivity index (χ0) is 17.7. The fourth-order valence-electron chi connectivity index (χ4n) is 2.74. The molecule has 0 fully saturated rings. The number of aliphatic imine (C=N–C) groups is 1. The van der Waals surface area contributed by atoms with Crippen molar-refractivity contribution in [3.05, 3.63) is 102 Å². The summed E-state index contributed by atoms with van der Waals surface area (Å²) >= 11 is 0. The first-order chi connectivity index (χ1) is 12.1. The van der Waals surface area contributed by atoms with Crippen LogP contribution in [0.3, 0.4) is 0 Å². The minimum atomic E-state index is -1.59. The highest BCUT2D eigenvalue weighted by molar-refractivity contribution is 5.91. The molecule has 2 N–H and O–H groups in total. The van der Waals surface area contributed by atoms with Crippen LogP contribution in [0.1, 0.15) is 16.7 Å². The molecule has 0 radical (unpaired) electrons. The van der Waals surface area contributed by atoms with Gasteiger partial charge >= 0.3 is 5.97 Å². The van der Waals surface area contributed by atoms with E-state index in [1.165, 1.54) is 12.3 Å². The number of para-hydroxylation sites is 1. The van der Waals surface area contributed by atoms with Gasteiger partial charge in [0.05, 0.1) is 0 Å². The first kappa shape index (κ1) is 16.5. The second-order valence-electron chi connectivity index (χ2n) is 5.56. The zero-order valence-electron chi connectivity index (χ0n) is 13.4. The highest BCUT2D eigenvalue weighted by atomic mass is 16.4. The Kier molecular flexibility index (Phi) is 4.61. The van der Waals surface area contributed by atoms with Crippen molar-refractivity contribution < 1.29 is 15.0 Å². The Morgan fingerprint density at radius 2 is 1.28 bits per heavy atom. The summed E-state index contributed by atoms with van der Waals surface area (Å²) in [4.78, 5) is 16.8. The largest absolute Gasteiger partial charge is 0.507 e. The Morgan fingerprint density at radius 1 is 0.800 bits per heavy atom. The second kappa shape index (κ2) is 7.01. The molecule has 25 heavy (non-hydrogen) atoms. The number of phenolic OH excluding ortho intramolecular Hbond substituents is 1. The quantitative estimate of drug-likeness (QED) is 0.698. The minimum absolute atomic E-state index is 0.0478. The van der Waals surface area contributed by atoms with Gasteiger partial charge in [-0.3, -0.25) is 4.99 Å². The van der Waals surface area contributed by atoms with E-state index < -0.39 is 11.5 Å². The molecule has 0 amide bonds. The molecule has 0 saturated carbocycles. The number of aromatic hydroxyl groups is 1. The number of benzene rings is 3. The molecule has 3 rings (SSSR count). The van der Waals surface area contributed by atoms with E-state index in [1.807, 2.05) is 12.1 Å². The SMILES string of the molecule is O=C(O)C(/N=C/c1ccccc1O)(c1ccccc1)c1ccccc1. The van der Waals surface area contributed by atoms with Crippen LogP contribution in [0.4, 0.5) is 0 Å².